The fraction of sp³-hybridized carbons (Fsp3) is 0.800. The van der Waals surface area contributed by atoms with Crippen LogP contribution in [0.3, 0.4) is 0 Å². The monoisotopic (exact) mass is 291 g/mol. The molecule has 2 fully saturated rings. The molecule has 1 aliphatic heterocycles. The number of nitrogens with one attached hydrogen (secondary N) is 1. The molecule has 1 aromatic rings. The van der Waals surface area contributed by atoms with Crippen LogP contribution in [0.25, 0.3) is 0 Å². The summed E-state index contributed by atoms with van der Waals surface area (Å²) in [7, 11) is 0. The second-order valence-corrected chi connectivity index (χ2v) is 6.12. The van der Waals surface area contributed by atoms with Crippen molar-refractivity contribution in [2.75, 3.05) is 13.1 Å². The molecule has 2 atom stereocenters. The molecular weight excluding hydrogens is 266 g/mol. The highest BCUT2D eigenvalue weighted by atomic mass is 16.2. The second-order valence-electron chi connectivity index (χ2n) is 6.12. The van der Waals surface area contributed by atoms with Crippen molar-refractivity contribution in [1.82, 2.24) is 25.0 Å². The van der Waals surface area contributed by atoms with Crippen molar-refractivity contribution in [2.45, 2.75) is 58.0 Å². The number of nitrogens with zero attached hydrogens (tertiary/aromatic N) is 4. The van der Waals surface area contributed by atoms with Gasteiger partial charge in [0.15, 0.2) is 0 Å². The number of carbonyl (C=O) groups is 1. The van der Waals surface area contributed by atoms with Crippen molar-refractivity contribution in [3.8, 4) is 0 Å². The van der Waals surface area contributed by atoms with E-state index >= 15 is 0 Å². The van der Waals surface area contributed by atoms with Crippen molar-refractivity contribution in [3.05, 3.63) is 12.2 Å². The summed E-state index contributed by atoms with van der Waals surface area (Å²) in [5.74, 6) is 1.71. The van der Waals surface area contributed by atoms with Gasteiger partial charge in [-0.3, -0.25) is 0 Å². The molecule has 6 nitrogen and oxygen atoms in total. The van der Waals surface area contributed by atoms with Gasteiger partial charge in [0, 0.05) is 32.1 Å². The minimum Gasteiger partial charge on any atom is -0.336 e. The number of hydrogen-bond acceptors (Lipinski definition) is 3. The molecule has 1 N–H and O–H groups in total. The summed E-state index contributed by atoms with van der Waals surface area (Å²) in [5.41, 5.74) is 0. The van der Waals surface area contributed by atoms with Gasteiger partial charge in [-0.05, 0) is 25.2 Å². The number of aryl methyl sites for hydroxylation is 1. The molecule has 0 unspecified atom stereocenters. The molecule has 0 spiro atoms. The molecule has 0 radical (unpaired) electrons. The SMILES string of the molecule is CCc1nncn1CCNC(=O)N1CC[C@H]2CCCC[C@H]21. The summed E-state index contributed by atoms with van der Waals surface area (Å²) < 4.78 is 2.01. The number of hydrogen-bond donors (Lipinski definition) is 1. The van der Waals surface area contributed by atoms with Gasteiger partial charge in [-0.1, -0.05) is 19.8 Å². The van der Waals surface area contributed by atoms with Gasteiger partial charge in [-0.25, -0.2) is 4.79 Å². The average Bonchev–Trinajstić information content (AvgIpc) is 3.13. The lowest BCUT2D eigenvalue weighted by Crippen LogP contribution is -2.45. The molecule has 116 valence electrons. The third kappa shape index (κ3) is 3.04. The highest BCUT2D eigenvalue weighted by Crippen LogP contribution is 2.35. The van der Waals surface area contributed by atoms with E-state index < -0.39 is 0 Å². The van der Waals surface area contributed by atoms with Crippen LogP contribution in [-0.4, -0.2) is 44.8 Å². The van der Waals surface area contributed by atoms with Crippen molar-refractivity contribution < 1.29 is 4.79 Å². The van der Waals surface area contributed by atoms with Gasteiger partial charge in [-0.2, -0.15) is 0 Å². The van der Waals surface area contributed by atoms with Crippen LogP contribution >= 0.6 is 0 Å². The Kier molecular flexibility index (Phi) is 4.41. The van der Waals surface area contributed by atoms with E-state index in [2.05, 4.69) is 27.3 Å². The Labute approximate surface area is 125 Å². The lowest BCUT2D eigenvalue weighted by atomic mass is 9.85. The van der Waals surface area contributed by atoms with E-state index in [1.165, 1.54) is 32.1 Å². The Hall–Kier alpha value is -1.59. The van der Waals surface area contributed by atoms with Crippen molar-refractivity contribution in [1.29, 1.82) is 0 Å². The molecule has 0 aromatic carbocycles. The van der Waals surface area contributed by atoms with Crippen LogP contribution in [0.2, 0.25) is 0 Å². The Morgan fingerprint density at radius 1 is 1.38 bits per heavy atom. The summed E-state index contributed by atoms with van der Waals surface area (Å²) in [6.07, 6.45) is 8.87. The first-order chi connectivity index (χ1) is 10.3. The zero-order chi connectivity index (χ0) is 14.7. The summed E-state index contributed by atoms with van der Waals surface area (Å²) in [6.45, 7) is 4.36. The second kappa shape index (κ2) is 6.45. The molecule has 3 rings (SSSR count). The van der Waals surface area contributed by atoms with E-state index in [0.717, 1.165) is 31.3 Å². The standard InChI is InChI=1S/C15H25N5O/c1-2-14-18-17-11-19(14)10-8-16-15(21)20-9-7-12-5-3-4-6-13(12)20/h11-13H,2-10H2,1H3,(H,16,21)/t12-,13-/m1/s1. The molecule has 0 bridgehead atoms. The lowest BCUT2D eigenvalue weighted by molar-refractivity contribution is 0.169. The molecule has 1 saturated heterocycles. The van der Waals surface area contributed by atoms with Crippen LogP contribution in [0.5, 0.6) is 0 Å². The van der Waals surface area contributed by atoms with Crippen LogP contribution in [-0.2, 0) is 13.0 Å². The highest BCUT2D eigenvalue weighted by Gasteiger charge is 2.37. The zero-order valence-electron chi connectivity index (χ0n) is 12.8. The molecular formula is C15H25N5O. The first kappa shape index (κ1) is 14.4. The van der Waals surface area contributed by atoms with Gasteiger partial charge in [0.25, 0.3) is 0 Å². The number of carbonyl (C=O) groups excluding carboxylic acids is 1. The predicted molar refractivity (Wildman–Crippen MR) is 79.9 cm³/mol. The van der Waals surface area contributed by atoms with Crippen LogP contribution in [0.1, 0.15) is 44.9 Å². The third-order valence-electron chi connectivity index (χ3n) is 4.91. The fourth-order valence-corrected chi connectivity index (χ4v) is 3.78. The van der Waals surface area contributed by atoms with Crippen molar-refractivity contribution in [3.63, 3.8) is 0 Å². The molecule has 21 heavy (non-hydrogen) atoms. The molecule has 2 amide bonds. The van der Waals surface area contributed by atoms with Crippen molar-refractivity contribution >= 4 is 6.03 Å². The smallest absolute Gasteiger partial charge is 0.317 e. The number of urea groups is 1. The van der Waals surface area contributed by atoms with Crippen LogP contribution in [0.4, 0.5) is 4.79 Å². The van der Waals surface area contributed by atoms with E-state index in [9.17, 15) is 4.79 Å². The molecule has 1 saturated carbocycles. The average molecular weight is 291 g/mol. The van der Waals surface area contributed by atoms with Gasteiger partial charge in [-0.15, -0.1) is 10.2 Å². The molecule has 2 aliphatic rings. The first-order valence-corrected chi connectivity index (χ1v) is 8.20. The summed E-state index contributed by atoms with van der Waals surface area (Å²) in [6, 6.07) is 0.593. The van der Waals surface area contributed by atoms with Crippen LogP contribution in [0, 0.1) is 5.92 Å². The summed E-state index contributed by atoms with van der Waals surface area (Å²) >= 11 is 0. The minimum atomic E-state index is 0.107. The third-order valence-corrected chi connectivity index (χ3v) is 4.91. The predicted octanol–water partition coefficient (Wildman–Crippen LogP) is 1.81. The Bertz CT molecular complexity index is 486. The van der Waals surface area contributed by atoms with Gasteiger partial charge >= 0.3 is 6.03 Å². The lowest BCUT2D eigenvalue weighted by Gasteiger charge is -2.31. The van der Waals surface area contributed by atoms with E-state index in [4.69, 9.17) is 0 Å². The topological polar surface area (TPSA) is 63.1 Å². The molecule has 2 heterocycles. The normalized spacial score (nSPS) is 24.9. The number of fused-ring (bicyclic) bond motifs is 1. The summed E-state index contributed by atoms with van der Waals surface area (Å²) in [5, 5.41) is 11.0. The van der Waals surface area contributed by atoms with E-state index in [1.807, 2.05) is 4.57 Å². The van der Waals surface area contributed by atoms with Crippen LogP contribution in [0.15, 0.2) is 6.33 Å². The number of rotatable bonds is 4. The maximum Gasteiger partial charge on any atom is 0.317 e. The Morgan fingerprint density at radius 2 is 2.24 bits per heavy atom. The molecule has 1 aromatic heterocycles. The van der Waals surface area contributed by atoms with Gasteiger partial charge < -0.3 is 14.8 Å². The number of amides is 2. The van der Waals surface area contributed by atoms with E-state index in [1.54, 1.807) is 6.33 Å². The quantitative estimate of drug-likeness (QED) is 0.920. The van der Waals surface area contributed by atoms with Crippen molar-refractivity contribution in [2.24, 2.45) is 5.92 Å². The van der Waals surface area contributed by atoms with E-state index in [-0.39, 0.29) is 6.03 Å². The number of aromatic nitrogens is 3. The maximum atomic E-state index is 12.4. The Morgan fingerprint density at radius 3 is 3.10 bits per heavy atom. The maximum absolute atomic E-state index is 12.4. The van der Waals surface area contributed by atoms with Crippen LogP contribution < -0.4 is 5.32 Å². The Balaban J connectivity index is 1.48. The molecule has 6 heteroatoms. The zero-order valence-corrected chi connectivity index (χ0v) is 12.8. The number of likely N-dealkylation sites (tertiary alicyclic amines) is 1. The van der Waals surface area contributed by atoms with Gasteiger partial charge in [0.05, 0.1) is 0 Å². The van der Waals surface area contributed by atoms with E-state index in [0.29, 0.717) is 12.6 Å². The van der Waals surface area contributed by atoms with Gasteiger partial charge in [0.1, 0.15) is 12.2 Å². The van der Waals surface area contributed by atoms with Gasteiger partial charge in [0.2, 0.25) is 0 Å². The molecule has 1 aliphatic carbocycles. The highest BCUT2D eigenvalue weighted by molar-refractivity contribution is 5.74. The minimum absolute atomic E-state index is 0.107. The fourth-order valence-electron chi connectivity index (χ4n) is 3.78. The largest absolute Gasteiger partial charge is 0.336 e. The summed E-state index contributed by atoms with van der Waals surface area (Å²) in [4.78, 5) is 14.4. The first-order valence-electron chi connectivity index (χ1n) is 8.20.